The molecule has 3 aliphatic rings. The number of fused-ring (bicyclic) bond motifs is 1. The lowest BCUT2D eigenvalue weighted by Crippen LogP contribution is -2.43. The van der Waals surface area contributed by atoms with Crippen molar-refractivity contribution in [3.8, 4) is 16.9 Å². The fourth-order valence-corrected chi connectivity index (χ4v) is 5.97. The van der Waals surface area contributed by atoms with Gasteiger partial charge in [-0.25, -0.2) is 9.37 Å². The smallest absolute Gasteiger partial charge is 0.183 e. The van der Waals surface area contributed by atoms with E-state index in [0.29, 0.717) is 5.01 Å². The highest BCUT2D eigenvalue weighted by Gasteiger charge is 2.48. The van der Waals surface area contributed by atoms with E-state index in [4.69, 9.17) is 4.98 Å². The summed E-state index contributed by atoms with van der Waals surface area (Å²) in [6.07, 6.45) is 7.35. The molecule has 2 N–H and O–H groups in total. The number of rotatable bonds is 7. The molecule has 0 bridgehead atoms. The average Bonchev–Trinajstić information content (AvgIpc) is 3.72. The second kappa shape index (κ2) is 7.66. The summed E-state index contributed by atoms with van der Waals surface area (Å²) in [6.45, 7) is 3.35. The Bertz CT molecular complexity index is 1200. The van der Waals surface area contributed by atoms with Gasteiger partial charge in [0.15, 0.2) is 10.8 Å². The van der Waals surface area contributed by atoms with E-state index in [0.717, 1.165) is 78.8 Å². The molecule has 6 rings (SSSR count). The molecule has 0 amide bonds. The number of hydrogen-bond acceptors (Lipinski definition) is 9. The first-order valence-corrected chi connectivity index (χ1v) is 12.5. The van der Waals surface area contributed by atoms with Crippen LogP contribution in [0.2, 0.25) is 0 Å². The molecule has 2 saturated carbocycles. The molecule has 32 heavy (non-hydrogen) atoms. The van der Waals surface area contributed by atoms with Crippen LogP contribution in [-0.4, -0.2) is 58.0 Å². The van der Waals surface area contributed by atoms with Gasteiger partial charge < -0.3 is 10.2 Å². The highest BCUT2D eigenvalue weighted by Crippen LogP contribution is 2.49. The Morgan fingerprint density at radius 2 is 2.06 bits per heavy atom. The average molecular weight is 471 g/mol. The summed E-state index contributed by atoms with van der Waals surface area (Å²) in [5, 5.41) is 23.1. The molecule has 0 spiro atoms. The van der Waals surface area contributed by atoms with Crippen molar-refractivity contribution in [3.05, 3.63) is 23.5 Å². The number of anilines is 1. The minimum Gasteiger partial charge on any atom is -0.367 e. The summed E-state index contributed by atoms with van der Waals surface area (Å²) in [5.74, 6) is 0.725. The Kier molecular flexibility index (Phi) is 4.87. The van der Waals surface area contributed by atoms with Crippen molar-refractivity contribution < 1.29 is 4.39 Å². The number of pyridine rings is 1. The maximum atomic E-state index is 13.4. The Hall–Kier alpha value is -2.26. The van der Waals surface area contributed by atoms with Crippen LogP contribution in [0.25, 0.3) is 16.3 Å². The van der Waals surface area contributed by atoms with Crippen LogP contribution in [0.4, 0.5) is 10.1 Å². The van der Waals surface area contributed by atoms with Crippen LogP contribution in [0.15, 0.2) is 23.4 Å². The van der Waals surface area contributed by atoms with Crippen LogP contribution in [0.5, 0.6) is 0 Å². The summed E-state index contributed by atoms with van der Waals surface area (Å²) in [4.78, 5) is 8.07. The predicted molar refractivity (Wildman–Crippen MR) is 123 cm³/mol. The standard InChI is InChI=1S/C21H23FN8S2/c22-12-21(3-4-21)28-32-14-9-15(29-7-5-24-6-8-29)16-10-25-17(30(16)11-14)18-26-27-19(31-18)20(13-23)1-2-20/h9-11,24,28H,1-8,12H2. The molecule has 1 saturated heterocycles. The molecule has 0 radical (unpaired) electrons. The molecular weight excluding hydrogens is 447 g/mol. The van der Waals surface area contributed by atoms with Crippen molar-refractivity contribution in [2.24, 2.45) is 0 Å². The van der Waals surface area contributed by atoms with Crippen molar-refractivity contribution in [1.82, 2.24) is 29.6 Å². The fraction of sp³-hybridized carbons (Fsp3) is 0.524. The number of imidazole rings is 1. The van der Waals surface area contributed by atoms with Crippen LogP contribution >= 0.6 is 23.3 Å². The maximum absolute atomic E-state index is 13.4. The van der Waals surface area contributed by atoms with Crippen LogP contribution in [0, 0.1) is 11.3 Å². The zero-order valence-corrected chi connectivity index (χ0v) is 19.1. The van der Waals surface area contributed by atoms with Gasteiger partial charge in [0, 0.05) is 37.3 Å². The van der Waals surface area contributed by atoms with E-state index in [-0.39, 0.29) is 12.2 Å². The first kappa shape index (κ1) is 20.4. The first-order chi connectivity index (χ1) is 15.7. The van der Waals surface area contributed by atoms with Crippen LogP contribution in [0.3, 0.4) is 0 Å². The van der Waals surface area contributed by atoms with E-state index in [1.165, 1.54) is 23.3 Å². The SMILES string of the molecule is N#CC1(c2nnc(-c3ncc4c(N5CCNCC5)cc(SNC5(CF)CC5)cn34)s2)CC1. The molecule has 3 fully saturated rings. The van der Waals surface area contributed by atoms with Crippen LogP contribution in [0.1, 0.15) is 30.7 Å². The molecule has 8 nitrogen and oxygen atoms in total. The van der Waals surface area contributed by atoms with Gasteiger partial charge in [-0.15, -0.1) is 10.2 Å². The van der Waals surface area contributed by atoms with E-state index in [1.807, 2.05) is 12.4 Å². The number of halogens is 1. The largest absolute Gasteiger partial charge is 0.367 e. The van der Waals surface area contributed by atoms with Crippen molar-refractivity contribution >= 4 is 34.5 Å². The van der Waals surface area contributed by atoms with E-state index in [9.17, 15) is 9.65 Å². The molecule has 2 aliphatic carbocycles. The molecule has 3 aromatic rings. The Balaban J connectivity index is 1.40. The fourth-order valence-electron chi connectivity index (χ4n) is 4.01. The van der Waals surface area contributed by atoms with Crippen LogP contribution in [-0.2, 0) is 5.41 Å². The molecule has 3 aromatic heterocycles. The van der Waals surface area contributed by atoms with Crippen molar-refractivity contribution in [3.63, 3.8) is 0 Å². The molecule has 0 aromatic carbocycles. The lowest BCUT2D eigenvalue weighted by atomic mass is 10.1. The summed E-state index contributed by atoms with van der Waals surface area (Å²) in [7, 11) is 0. The normalized spacial score (nSPS) is 20.9. The lowest BCUT2D eigenvalue weighted by Gasteiger charge is -2.30. The van der Waals surface area contributed by atoms with Crippen molar-refractivity contribution in [2.75, 3.05) is 37.8 Å². The number of hydrogen-bond donors (Lipinski definition) is 2. The summed E-state index contributed by atoms with van der Waals surface area (Å²) < 4.78 is 18.8. The number of nitriles is 1. The molecule has 4 heterocycles. The summed E-state index contributed by atoms with van der Waals surface area (Å²) in [6, 6.07) is 4.56. The van der Waals surface area contributed by atoms with E-state index < -0.39 is 5.41 Å². The highest BCUT2D eigenvalue weighted by molar-refractivity contribution is 7.97. The Labute approximate surface area is 193 Å². The maximum Gasteiger partial charge on any atom is 0.183 e. The Morgan fingerprint density at radius 1 is 1.25 bits per heavy atom. The van der Waals surface area contributed by atoms with Crippen molar-refractivity contribution in [2.45, 2.75) is 41.5 Å². The first-order valence-electron chi connectivity index (χ1n) is 10.9. The number of nitrogens with one attached hydrogen (secondary N) is 2. The zero-order chi connectivity index (χ0) is 21.8. The molecule has 0 unspecified atom stereocenters. The van der Waals surface area contributed by atoms with Gasteiger partial charge >= 0.3 is 0 Å². The van der Waals surface area contributed by atoms with Gasteiger partial charge in [0.2, 0.25) is 0 Å². The quantitative estimate of drug-likeness (QED) is 0.509. The number of nitrogens with zero attached hydrogens (tertiary/aromatic N) is 6. The molecule has 166 valence electrons. The molecule has 11 heteroatoms. The molecule has 1 aliphatic heterocycles. The van der Waals surface area contributed by atoms with Gasteiger partial charge in [0.1, 0.15) is 17.1 Å². The van der Waals surface area contributed by atoms with E-state index in [2.05, 4.69) is 41.7 Å². The number of piperazine rings is 1. The van der Waals surface area contributed by atoms with Gasteiger partial charge in [-0.05, 0) is 43.7 Å². The summed E-state index contributed by atoms with van der Waals surface area (Å²) >= 11 is 2.94. The highest BCUT2D eigenvalue weighted by atomic mass is 32.2. The molecular formula is C21H23FN8S2. The topological polar surface area (TPSA) is 94.2 Å². The predicted octanol–water partition coefficient (Wildman–Crippen LogP) is 2.92. The zero-order valence-electron chi connectivity index (χ0n) is 17.5. The van der Waals surface area contributed by atoms with Gasteiger partial charge in [0.05, 0.1) is 29.0 Å². The monoisotopic (exact) mass is 470 g/mol. The van der Waals surface area contributed by atoms with Crippen molar-refractivity contribution in [1.29, 1.82) is 5.26 Å². The second-order valence-corrected chi connectivity index (χ2v) is 10.7. The third-order valence-corrected chi connectivity index (χ3v) is 8.65. The van der Waals surface area contributed by atoms with Gasteiger partial charge in [-0.3, -0.25) is 9.12 Å². The molecule has 0 atom stereocenters. The third kappa shape index (κ3) is 3.46. The summed E-state index contributed by atoms with van der Waals surface area (Å²) in [5.41, 5.74) is 1.29. The van der Waals surface area contributed by atoms with Gasteiger partial charge in [0.25, 0.3) is 0 Å². The minimum absolute atomic E-state index is 0.350. The van der Waals surface area contributed by atoms with Crippen LogP contribution < -0.4 is 14.9 Å². The van der Waals surface area contributed by atoms with Gasteiger partial charge in [-0.1, -0.05) is 11.3 Å². The number of alkyl halides is 1. The second-order valence-electron chi connectivity index (χ2n) is 8.86. The lowest BCUT2D eigenvalue weighted by molar-refractivity contribution is 0.402. The number of aromatic nitrogens is 4. The van der Waals surface area contributed by atoms with Gasteiger partial charge in [-0.2, -0.15) is 5.26 Å². The Morgan fingerprint density at radius 3 is 2.75 bits per heavy atom. The van der Waals surface area contributed by atoms with E-state index >= 15 is 0 Å². The van der Waals surface area contributed by atoms with E-state index in [1.54, 1.807) is 0 Å². The third-order valence-electron chi connectivity index (χ3n) is 6.54. The minimum atomic E-state index is -0.454.